The van der Waals surface area contributed by atoms with Crippen LogP contribution in [-0.2, 0) is 4.79 Å². The summed E-state index contributed by atoms with van der Waals surface area (Å²) in [5.74, 6) is 0.0228. The molecule has 3 aromatic carbocycles. The number of benzene rings is 3. The number of furan rings is 1. The SMILES string of the molecule is O=C(CN1CCN(C/C=C/c2ccccc2)CC1)Nc1ccc2oc3ccccc3c2c1. The first-order valence-electron chi connectivity index (χ1n) is 11.1. The van der Waals surface area contributed by atoms with Crippen LogP contribution in [0.4, 0.5) is 5.69 Å². The number of carbonyl (C=O) groups is 1. The fraction of sp³-hybridized carbons (Fsp3) is 0.222. The molecule has 32 heavy (non-hydrogen) atoms. The molecule has 5 nitrogen and oxygen atoms in total. The van der Waals surface area contributed by atoms with Crippen LogP contribution in [0.15, 0.2) is 83.3 Å². The van der Waals surface area contributed by atoms with Crippen LogP contribution in [0, 0.1) is 0 Å². The van der Waals surface area contributed by atoms with E-state index in [2.05, 4.69) is 51.5 Å². The fourth-order valence-corrected chi connectivity index (χ4v) is 4.24. The van der Waals surface area contributed by atoms with E-state index in [9.17, 15) is 4.79 Å². The van der Waals surface area contributed by atoms with E-state index in [1.807, 2.05) is 48.5 Å². The molecule has 2 heterocycles. The molecule has 0 saturated carbocycles. The van der Waals surface area contributed by atoms with E-state index < -0.39 is 0 Å². The lowest BCUT2D eigenvalue weighted by molar-refractivity contribution is -0.117. The van der Waals surface area contributed by atoms with Gasteiger partial charge in [0.1, 0.15) is 11.2 Å². The number of hydrogen-bond donors (Lipinski definition) is 1. The zero-order valence-electron chi connectivity index (χ0n) is 18.0. The minimum Gasteiger partial charge on any atom is -0.456 e. The summed E-state index contributed by atoms with van der Waals surface area (Å²) in [6, 6.07) is 24.2. The maximum absolute atomic E-state index is 12.6. The summed E-state index contributed by atoms with van der Waals surface area (Å²) >= 11 is 0. The van der Waals surface area contributed by atoms with Crippen LogP contribution < -0.4 is 5.32 Å². The molecule has 0 bridgehead atoms. The van der Waals surface area contributed by atoms with Crippen molar-refractivity contribution in [3.05, 3.63) is 84.4 Å². The lowest BCUT2D eigenvalue weighted by Gasteiger charge is -2.33. The Kier molecular flexibility index (Phi) is 6.01. The number of nitrogens with zero attached hydrogens (tertiary/aromatic N) is 2. The zero-order valence-corrected chi connectivity index (χ0v) is 18.0. The first kappa shape index (κ1) is 20.5. The van der Waals surface area contributed by atoms with Crippen molar-refractivity contribution in [2.45, 2.75) is 0 Å². The van der Waals surface area contributed by atoms with E-state index in [1.165, 1.54) is 5.56 Å². The third kappa shape index (κ3) is 4.74. The topological polar surface area (TPSA) is 48.7 Å². The molecule has 162 valence electrons. The van der Waals surface area contributed by atoms with Crippen molar-refractivity contribution in [2.24, 2.45) is 0 Å². The number of fused-ring (bicyclic) bond motifs is 3. The standard InChI is InChI=1S/C27H27N3O2/c31-27(28-22-12-13-26-24(19-22)23-10-4-5-11-25(23)32-26)20-30-17-15-29(16-18-30)14-6-9-21-7-2-1-3-8-21/h1-13,19H,14-18,20H2,(H,28,31)/b9-6+. The van der Waals surface area contributed by atoms with Gasteiger partial charge in [0.15, 0.2) is 0 Å². The van der Waals surface area contributed by atoms with Gasteiger partial charge in [0, 0.05) is 49.2 Å². The number of nitrogens with one attached hydrogen (secondary N) is 1. The van der Waals surface area contributed by atoms with E-state index in [0.29, 0.717) is 6.54 Å². The Bertz CT molecular complexity index is 1240. The molecule has 0 aliphatic carbocycles. The Morgan fingerprint density at radius 1 is 0.844 bits per heavy atom. The average molecular weight is 426 g/mol. The number of anilines is 1. The minimum absolute atomic E-state index is 0.0228. The Hall–Kier alpha value is -3.41. The molecule has 1 fully saturated rings. The van der Waals surface area contributed by atoms with Crippen LogP contribution in [0.1, 0.15) is 5.56 Å². The van der Waals surface area contributed by atoms with Gasteiger partial charge in [-0.2, -0.15) is 0 Å². The van der Waals surface area contributed by atoms with Gasteiger partial charge in [0.05, 0.1) is 6.54 Å². The Morgan fingerprint density at radius 3 is 2.41 bits per heavy atom. The largest absolute Gasteiger partial charge is 0.456 e. The van der Waals surface area contributed by atoms with Gasteiger partial charge in [0.2, 0.25) is 5.91 Å². The van der Waals surface area contributed by atoms with Gasteiger partial charge in [-0.05, 0) is 29.8 Å². The Morgan fingerprint density at radius 2 is 1.56 bits per heavy atom. The fourth-order valence-electron chi connectivity index (χ4n) is 4.24. The number of para-hydroxylation sites is 1. The van der Waals surface area contributed by atoms with Crippen LogP contribution in [0.3, 0.4) is 0 Å². The lowest BCUT2D eigenvalue weighted by atomic mass is 10.1. The molecule has 5 heteroatoms. The van der Waals surface area contributed by atoms with Crippen LogP contribution in [0.25, 0.3) is 28.0 Å². The highest BCUT2D eigenvalue weighted by Gasteiger charge is 2.18. The highest BCUT2D eigenvalue weighted by molar-refractivity contribution is 6.07. The van der Waals surface area contributed by atoms with Crippen LogP contribution in [-0.4, -0.2) is 55.0 Å². The molecular weight excluding hydrogens is 398 g/mol. The van der Waals surface area contributed by atoms with Crippen LogP contribution in [0.2, 0.25) is 0 Å². The molecule has 1 aliphatic heterocycles. The molecule has 0 atom stereocenters. The first-order valence-corrected chi connectivity index (χ1v) is 11.1. The van der Waals surface area contributed by atoms with Crippen molar-refractivity contribution < 1.29 is 9.21 Å². The first-order chi connectivity index (χ1) is 15.7. The molecule has 4 aromatic rings. The van der Waals surface area contributed by atoms with Gasteiger partial charge < -0.3 is 9.73 Å². The second kappa shape index (κ2) is 9.39. The molecule has 0 unspecified atom stereocenters. The number of hydrogen-bond acceptors (Lipinski definition) is 4. The van der Waals surface area contributed by atoms with Gasteiger partial charge in [-0.3, -0.25) is 14.6 Å². The van der Waals surface area contributed by atoms with Crippen LogP contribution in [0.5, 0.6) is 0 Å². The highest BCUT2D eigenvalue weighted by Crippen LogP contribution is 2.30. The molecule has 0 radical (unpaired) electrons. The van der Waals surface area contributed by atoms with Crippen molar-refractivity contribution in [1.29, 1.82) is 0 Å². The normalized spacial score (nSPS) is 15.6. The maximum atomic E-state index is 12.6. The van der Waals surface area contributed by atoms with E-state index in [1.54, 1.807) is 0 Å². The number of piperazine rings is 1. The van der Waals surface area contributed by atoms with Crippen molar-refractivity contribution in [2.75, 3.05) is 44.6 Å². The third-order valence-corrected chi connectivity index (χ3v) is 5.97. The van der Waals surface area contributed by atoms with Crippen molar-refractivity contribution in [3.8, 4) is 0 Å². The zero-order chi connectivity index (χ0) is 21.8. The highest BCUT2D eigenvalue weighted by atomic mass is 16.3. The van der Waals surface area contributed by atoms with E-state index in [0.717, 1.165) is 60.3 Å². The molecule has 1 aromatic heterocycles. The Balaban J connectivity index is 1.12. The van der Waals surface area contributed by atoms with Crippen molar-refractivity contribution in [3.63, 3.8) is 0 Å². The average Bonchev–Trinajstić information content (AvgIpc) is 3.19. The van der Waals surface area contributed by atoms with Gasteiger partial charge >= 0.3 is 0 Å². The second-order valence-electron chi connectivity index (χ2n) is 8.25. The number of amides is 1. The molecule has 1 N–H and O–H groups in total. The molecular formula is C27H27N3O2. The quantitative estimate of drug-likeness (QED) is 0.480. The molecule has 5 rings (SSSR count). The lowest BCUT2D eigenvalue weighted by Crippen LogP contribution is -2.48. The predicted molar refractivity (Wildman–Crippen MR) is 131 cm³/mol. The van der Waals surface area contributed by atoms with Crippen molar-refractivity contribution in [1.82, 2.24) is 9.80 Å². The van der Waals surface area contributed by atoms with E-state index >= 15 is 0 Å². The van der Waals surface area contributed by atoms with Gasteiger partial charge in [-0.25, -0.2) is 0 Å². The summed E-state index contributed by atoms with van der Waals surface area (Å²) in [6.07, 6.45) is 4.38. The number of carbonyl (C=O) groups excluding carboxylic acids is 1. The monoisotopic (exact) mass is 425 g/mol. The Labute approximate surface area is 187 Å². The summed E-state index contributed by atoms with van der Waals surface area (Å²) in [6.45, 7) is 5.10. The maximum Gasteiger partial charge on any atom is 0.238 e. The minimum atomic E-state index is 0.0228. The summed E-state index contributed by atoms with van der Waals surface area (Å²) in [5, 5.41) is 5.14. The smallest absolute Gasteiger partial charge is 0.238 e. The summed E-state index contributed by atoms with van der Waals surface area (Å²) in [5.41, 5.74) is 3.73. The molecule has 0 spiro atoms. The summed E-state index contributed by atoms with van der Waals surface area (Å²) in [4.78, 5) is 17.3. The second-order valence-corrected chi connectivity index (χ2v) is 8.25. The van der Waals surface area contributed by atoms with Gasteiger partial charge in [-0.1, -0.05) is 60.7 Å². The molecule has 1 amide bonds. The summed E-state index contributed by atoms with van der Waals surface area (Å²) in [7, 11) is 0. The van der Waals surface area contributed by atoms with E-state index in [-0.39, 0.29) is 5.91 Å². The van der Waals surface area contributed by atoms with E-state index in [4.69, 9.17) is 4.42 Å². The molecule has 1 saturated heterocycles. The predicted octanol–water partition coefficient (Wildman–Crippen LogP) is 4.86. The number of rotatable bonds is 6. The third-order valence-electron chi connectivity index (χ3n) is 5.97. The summed E-state index contributed by atoms with van der Waals surface area (Å²) < 4.78 is 5.87. The van der Waals surface area contributed by atoms with Gasteiger partial charge in [0.25, 0.3) is 0 Å². The van der Waals surface area contributed by atoms with Crippen LogP contribution >= 0.6 is 0 Å². The van der Waals surface area contributed by atoms with Crippen molar-refractivity contribution >= 4 is 39.6 Å². The van der Waals surface area contributed by atoms with Gasteiger partial charge in [-0.15, -0.1) is 0 Å². The molecule has 1 aliphatic rings.